The van der Waals surface area contributed by atoms with Gasteiger partial charge in [0.2, 0.25) is 5.91 Å². The van der Waals surface area contributed by atoms with Crippen molar-refractivity contribution in [1.29, 1.82) is 5.26 Å². The number of hydrogen-bond donors (Lipinski definition) is 2. The van der Waals surface area contributed by atoms with Gasteiger partial charge in [0.15, 0.2) is 0 Å². The first-order chi connectivity index (χ1) is 8.15. The van der Waals surface area contributed by atoms with E-state index in [1.807, 2.05) is 6.07 Å². The molecule has 0 bridgehead atoms. The largest absolute Gasteiger partial charge is 0.368 e. The molecule has 0 atom stereocenters. The molecule has 1 aromatic carbocycles. The summed E-state index contributed by atoms with van der Waals surface area (Å²) < 4.78 is 0. The third-order valence-corrected chi connectivity index (χ3v) is 2.79. The van der Waals surface area contributed by atoms with Crippen molar-refractivity contribution < 1.29 is 9.59 Å². The number of hydrogen-bond acceptors (Lipinski definition) is 4. The Balaban J connectivity index is 2.78. The number of nitriles is 1. The fraction of sp³-hybridized carbons (Fsp3) is 0.182. The van der Waals surface area contributed by atoms with Gasteiger partial charge in [0.25, 0.3) is 5.91 Å². The van der Waals surface area contributed by atoms with Crippen LogP contribution in [0, 0.1) is 11.3 Å². The minimum Gasteiger partial charge on any atom is -0.368 e. The van der Waals surface area contributed by atoms with Crippen molar-refractivity contribution in [2.75, 3.05) is 12.3 Å². The van der Waals surface area contributed by atoms with Crippen LogP contribution in [0.25, 0.3) is 0 Å². The van der Waals surface area contributed by atoms with E-state index in [-0.39, 0.29) is 18.2 Å². The number of nitrogens with one attached hydrogen (secondary N) is 1. The molecule has 1 rings (SSSR count). The zero-order chi connectivity index (χ0) is 12.7. The molecule has 1 aromatic rings. The molecule has 0 spiro atoms. The maximum Gasteiger partial charge on any atom is 0.252 e. The van der Waals surface area contributed by atoms with Crippen LogP contribution in [0.4, 0.5) is 0 Å². The maximum atomic E-state index is 11.7. The van der Waals surface area contributed by atoms with E-state index in [1.165, 1.54) is 11.8 Å². The van der Waals surface area contributed by atoms with Crippen LogP contribution in [0.5, 0.6) is 0 Å². The molecule has 0 heterocycles. The normalized spacial score (nSPS) is 9.35. The van der Waals surface area contributed by atoms with Gasteiger partial charge in [-0.25, -0.2) is 0 Å². The van der Waals surface area contributed by atoms with E-state index >= 15 is 0 Å². The maximum absolute atomic E-state index is 11.7. The first kappa shape index (κ1) is 13.1. The summed E-state index contributed by atoms with van der Waals surface area (Å²) in [6, 6.07) is 8.88. The quantitative estimate of drug-likeness (QED) is 0.743. The number of nitrogens with two attached hydrogens (primary N) is 1. The van der Waals surface area contributed by atoms with Gasteiger partial charge in [0.05, 0.1) is 23.9 Å². The van der Waals surface area contributed by atoms with Crippen molar-refractivity contribution in [3.05, 3.63) is 29.8 Å². The van der Waals surface area contributed by atoms with Crippen LogP contribution in [0.3, 0.4) is 0 Å². The number of benzene rings is 1. The summed E-state index contributed by atoms with van der Waals surface area (Å²) >= 11 is 1.27. The lowest BCUT2D eigenvalue weighted by atomic mass is 10.2. The Kier molecular flexibility index (Phi) is 5.04. The van der Waals surface area contributed by atoms with Crippen molar-refractivity contribution in [1.82, 2.24) is 5.32 Å². The summed E-state index contributed by atoms with van der Waals surface area (Å²) in [5, 5.41) is 10.9. The van der Waals surface area contributed by atoms with Crippen molar-refractivity contribution in [2.45, 2.75) is 4.90 Å². The van der Waals surface area contributed by atoms with E-state index in [9.17, 15) is 9.59 Å². The molecule has 0 saturated heterocycles. The minimum absolute atomic E-state index is 0.198. The smallest absolute Gasteiger partial charge is 0.252 e. The van der Waals surface area contributed by atoms with Gasteiger partial charge in [-0.2, -0.15) is 5.26 Å². The molecular weight excluding hydrogens is 238 g/mol. The molecular formula is C11H11N3O2S. The van der Waals surface area contributed by atoms with Gasteiger partial charge in [0, 0.05) is 4.90 Å². The molecule has 0 unspecified atom stereocenters. The van der Waals surface area contributed by atoms with Gasteiger partial charge in [-0.15, -0.1) is 11.8 Å². The zero-order valence-electron chi connectivity index (χ0n) is 8.97. The minimum atomic E-state index is -0.597. The average molecular weight is 249 g/mol. The number of carbonyl (C=O) groups is 2. The second-order valence-electron chi connectivity index (χ2n) is 3.09. The van der Waals surface area contributed by atoms with E-state index in [0.29, 0.717) is 10.5 Å². The second kappa shape index (κ2) is 6.55. The SMILES string of the molecule is N#CCSc1ccccc1C(=O)NCC(N)=O. The zero-order valence-corrected chi connectivity index (χ0v) is 9.79. The molecule has 0 radical (unpaired) electrons. The monoisotopic (exact) mass is 249 g/mol. The van der Waals surface area contributed by atoms with Gasteiger partial charge in [-0.05, 0) is 12.1 Å². The molecule has 0 aromatic heterocycles. The van der Waals surface area contributed by atoms with E-state index in [1.54, 1.807) is 24.3 Å². The van der Waals surface area contributed by atoms with Crippen LogP contribution in [0.2, 0.25) is 0 Å². The summed E-state index contributed by atoms with van der Waals surface area (Å²) in [6.07, 6.45) is 0. The molecule has 17 heavy (non-hydrogen) atoms. The number of carbonyl (C=O) groups excluding carboxylic acids is 2. The molecule has 3 N–H and O–H groups in total. The highest BCUT2D eigenvalue weighted by molar-refractivity contribution is 7.99. The van der Waals surface area contributed by atoms with Crippen molar-refractivity contribution >= 4 is 23.6 Å². The molecule has 0 fully saturated rings. The molecule has 2 amide bonds. The number of thioether (sulfide) groups is 1. The Morgan fingerprint density at radius 3 is 2.76 bits per heavy atom. The molecule has 0 saturated carbocycles. The second-order valence-corrected chi connectivity index (χ2v) is 4.11. The van der Waals surface area contributed by atoms with Gasteiger partial charge in [-0.1, -0.05) is 12.1 Å². The topological polar surface area (TPSA) is 96.0 Å². The van der Waals surface area contributed by atoms with Crippen molar-refractivity contribution in [3.63, 3.8) is 0 Å². The number of amides is 2. The lowest BCUT2D eigenvalue weighted by Gasteiger charge is -2.07. The predicted molar refractivity (Wildman–Crippen MR) is 64.3 cm³/mol. The van der Waals surface area contributed by atoms with Crippen LogP contribution in [0.1, 0.15) is 10.4 Å². The summed E-state index contributed by atoms with van der Waals surface area (Å²) in [7, 11) is 0. The highest BCUT2D eigenvalue weighted by atomic mass is 32.2. The predicted octanol–water partition coefficient (Wildman–Crippen LogP) is 0.517. The summed E-state index contributed by atoms with van der Waals surface area (Å²) in [4.78, 5) is 23.0. The van der Waals surface area contributed by atoms with Gasteiger partial charge >= 0.3 is 0 Å². The fourth-order valence-electron chi connectivity index (χ4n) is 1.15. The highest BCUT2D eigenvalue weighted by Crippen LogP contribution is 2.21. The Hall–Kier alpha value is -2.00. The van der Waals surface area contributed by atoms with Crippen LogP contribution in [-0.4, -0.2) is 24.1 Å². The molecule has 5 nitrogen and oxygen atoms in total. The standard InChI is InChI=1S/C11H11N3O2S/c12-5-6-17-9-4-2-1-3-8(9)11(16)14-7-10(13)15/h1-4H,6-7H2,(H2,13,15)(H,14,16). The molecule has 6 heteroatoms. The van der Waals surface area contributed by atoms with E-state index in [0.717, 1.165) is 0 Å². The van der Waals surface area contributed by atoms with Crippen molar-refractivity contribution in [3.8, 4) is 6.07 Å². The summed E-state index contributed by atoms with van der Waals surface area (Å²) in [6.45, 7) is -0.198. The average Bonchev–Trinajstić information content (AvgIpc) is 2.33. The highest BCUT2D eigenvalue weighted by Gasteiger charge is 2.11. The first-order valence-corrected chi connectivity index (χ1v) is 5.79. The van der Waals surface area contributed by atoms with Crippen molar-refractivity contribution in [2.24, 2.45) is 5.73 Å². The van der Waals surface area contributed by atoms with E-state index < -0.39 is 5.91 Å². The summed E-state index contributed by atoms with van der Waals surface area (Å²) in [5.74, 6) is -0.703. The number of nitrogens with zero attached hydrogens (tertiary/aromatic N) is 1. The summed E-state index contributed by atoms with van der Waals surface area (Å²) in [5.41, 5.74) is 5.37. The number of primary amides is 1. The Morgan fingerprint density at radius 1 is 1.41 bits per heavy atom. The first-order valence-electron chi connectivity index (χ1n) is 4.80. The Labute approximate surface area is 103 Å². The lowest BCUT2D eigenvalue weighted by Crippen LogP contribution is -2.33. The van der Waals surface area contributed by atoms with Crippen LogP contribution in [-0.2, 0) is 4.79 Å². The molecule has 0 aliphatic heterocycles. The Bertz CT molecular complexity index is 468. The van der Waals surface area contributed by atoms with Crippen LogP contribution in [0.15, 0.2) is 29.2 Å². The lowest BCUT2D eigenvalue weighted by molar-refractivity contribution is -0.117. The van der Waals surface area contributed by atoms with Gasteiger partial charge in [-0.3, -0.25) is 9.59 Å². The van der Waals surface area contributed by atoms with Gasteiger partial charge in [0.1, 0.15) is 0 Å². The molecule has 88 valence electrons. The van der Waals surface area contributed by atoms with E-state index in [2.05, 4.69) is 5.32 Å². The van der Waals surface area contributed by atoms with Crippen LogP contribution >= 0.6 is 11.8 Å². The van der Waals surface area contributed by atoms with Crippen LogP contribution < -0.4 is 11.1 Å². The Morgan fingerprint density at radius 2 is 2.12 bits per heavy atom. The molecule has 0 aliphatic rings. The third-order valence-electron chi connectivity index (χ3n) is 1.85. The third kappa shape index (κ3) is 4.17. The number of rotatable bonds is 5. The van der Waals surface area contributed by atoms with E-state index in [4.69, 9.17) is 11.0 Å². The fourth-order valence-corrected chi connectivity index (χ4v) is 1.86. The van der Waals surface area contributed by atoms with Gasteiger partial charge < -0.3 is 11.1 Å². The molecule has 0 aliphatic carbocycles.